The minimum absolute atomic E-state index is 0.676. The summed E-state index contributed by atoms with van der Waals surface area (Å²) in [5.74, 6) is 0.676. The first-order chi connectivity index (χ1) is 23.8. The Labute approximate surface area is 276 Å². The zero-order chi connectivity index (χ0) is 31.6. The topological polar surface area (TPSA) is 43.9 Å². The molecule has 0 aliphatic rings. The predicted octanol–water partition coefficient (Wildman–Crippen LogP) is 11.6. The van der Waals surface area contributed by atoms with E-state index in [2.05, 4.69) is 138 Å². The molecule has 0 unspecified atom stereocenters. The van der Waals surface area contributed by atoms with Crippen molar-refractivity contribution in [3.05, 3.63) is 164 Å². The van der Waals surface area contributed by atoms with E-state index in [0.717, 1.165) is 72.0 Å². The van der Waals surface area contributed by atoms with Crippen LogP contribution in [0.3, 0.4) is 0 Å². The fourth-order valence-electron chi connectivity index (χ4n) is 7.34. The largest absolute Gasteiger partial charge is 0.455 e. The number of fused-ring (bicyclic) bond motifs is 7. The molecule has 3 heterocycles. The molecule has 4 nitrogen and oxygen atoms in total. The summed E-state index contributed by atoms with van der Waals surface area (Å²) in [6, 6.07) is 57.0. The van der Waals surface area contributed by atoms with E-state index in [-0.39, 0.29) is 0 Å². The molecule has 224 valence electrons. The van der Waals surface area contributed by atoms with Crippen molar-refractivity contribution in [3.63, 3.8) is 0 Å². The Hall–Kier alpha value is -6.52. The zero-order valence-corrected chi connectivity index (χ0v) is 25.8. The van der Waals surface area contributed by atoms with Crippen LogP contribution < -0.4 is 0 Å². The summed E-state index contributed by atoms with van der Waals surface area (Å²) in [7, 11) is 0. The average molecular weight is 614 g/mol. The van der Waals surface area contributed by atoms with Crippen LogP contribution in [-0.4, -0.2) is 14.5 Å². The van der Waals surface area contributed by atoms with Gasteiger partial charge in [0.05, 0.1) is 22.2 Å². The Morgan fingerprint density at radius 3 is 1.96 bits per heavy atom. The van der Waals surface area contributed by atoms with Gasteiger partial charge in [0.1, 0.15) is 11.2 Å². The molecule has 3 aromatic heterocycles. The van der Waals surface area contributed by atoms with Crippen molar-refractivity contribution in [2.24, 2.45) is 0 Å². The van der Waals surface area contributed by atoms with E-state index in [9.17, 15) is 0 Å². The van der Waals surface area contributed by atoms with Crippen LogP contribution in [-0.2, 0) is 0 Å². The summed E-state index contributed by atoms with van der Waals surface area (Å²) >= 11 is 0. The van der Waals surface area contributed by atoms with Crippen LogP contribution in [0.4, 0.5) is 0 Å². The highest BCUT2D eigenvalue weighted by Gasteiger charge is 2.23. The molecule has 0 N–H and O–H groups in total. The van der Waals surface area contributed by atoms with E-state index in [1.807, 2.05) is 30.3 Å². The zero-order valence-electron chi connectivity index (χ0n) is 25.8. The lowest BCUT2D eigenvalue weighted by Crippen LogP contribution is -1.96. The van der Waals surface area contributed by atoms with E-state index in [1.165, 1.54) is 16.3 Å². The van der Waals surface area contributed by atoms with Gasteiger partial charge >= 0.3 is 0 Å². The molecule has 0 aliphatic heterocycles. The average Bonchev–Trinajstić information content (AvgIpc) is 3.71. The maximum absolute atomic E-state index is 6.79. The third kappa shape index (κ3) is 3.96. The first-order valence-electron chi connectivity index (χ1n) is 16.2. The number of para-hydroxylation sites is 4. The Morgan fingerprint density at radius 2 is 1.10 bits per heavy atom. The third-order valence-corrected chi connectivity index (χ3v) is 9.42. The Bertz CT molecular complexity index is 2830. The summed E-state index contributed by atoms with van der Waals surface area (Å²) in [5, 5.41) is 5.48. The highest BCUT2D eigenvalue weighted by atomic mass is 16.3. The van der Waals surface area contributed by atoms with Gasteiger partial charge in [-0.3, -0.25) is 0 Å². The SMILES string of the molecule is c1ccc(-c2nc(-c3ccc(-c4cccc5c4c4ccccc4n5-c4ccccc4)c4oc5ccccc5c34)nc3ccccc23)cc1. The van der Waals surface area contributed by atoms with Crippen LogP contribution in [0.2, 0.25) is 0 Å². The molecule has 0 atom stereocenters. The van der Waals surface area contributed by atoms with Gasteiger partial charge in [-0.05, 0) is 54.1 Å². The second-order valence-electron chi connectivity index (χ2n) is 12.1. The Balaban J connectivity index is 1.29. The molecule has 0 aliphatic carbocycles. The molecular formula is C44H27N3O. The van der Waals surface area contributed by atoms with E-state index in [0.29, 0.717) is 5.82 Å². The van der Waals surface area contributed by atoms with Crippen molar-refractivity contribution >= 4 is 54.6 Å². The van der Waals surface area contributed by atoms with Crippen LogP contribution in [0.15, 0.2) is 168 Å². The molecule has 0 amide bonds. The molecule has 48 heavy (non-hydrogen) atoms. The number of aromatic nitrogens is 3. The molecule has 0 saturated carbocycles. The monoisotopic (exact) mass is 613 g/mol. The van der Waals surface area contributed by atoms with Gasteiger partial charge in [0, 0.05) is 49.3 Å². The number of furan rings is 1. The fraction of sp³-hybridized carbons (Fsp3) is 0. The standard InChI is InChI=1S/C44H27N3O/c1-3-14-28(15-4-1)42-32-18-7-10-22-36(32)45-44(46-42)35-27-26-31(43-41(35)34-20-9-12-25-39(34)48-43)30-21-13-24-38-40(30)33-19-8-11-23-37(33)47(38)29-16-5-2-6-17-29/h1-27H. The quantitative estimate of drug-likeness (QED) is 0.198. The summed E-state index contributed by atoms with van der Waals surface area (Å²) < 4.78 is 9.15. The van der Waals surface area contributed by atoms with Crippen LogP contribution >= 0.6 is 0 Å². The molecule has 0 radical (unpaired) electrons. The molecule has 4 heteroatoms. The van der Waals surface area contributed by atoms with Gasteiger partial charge in [0.2, 0.25) is 0 Å². The van der Waals surface area contributed by atoms with E-state index in [4.69, 9.17) is 14.4 Å². The molecular weight excluding hydrogens is 587 g/mol. The van der Waals surface area contributed by atoms with Gasteiger partial charge in [-0.15, -0.1) is 0 Å². The summed E-state index contributed by atoms with van der Waals surface area (Å²) in [5.41, 5.74) is 11.1. The molecule has 0 bridgehead atoms. The lowest BCUT2D eigenvalue weighted by molar-refractivity contribution is 0.670. The molecule has 0 spiro atoms. The molecule has 0 fully saturated rings. The van der Waals surface area contributed by atoms with Crippen molar-refractivity contribution in [2.75, 3.05) is 0 Å². The second kappa shape index (κ2) is 10.5. The number of hydrogen-bond donors (Lipinski definition) is 0. The summed E-state index contributed by atoms with van der Waals surface area (Å²) in [6.45, 7) is 0. The van der Waals surface area contributed by atoms with Crippen molar-refractivity contribution in [1.29, 1.82) is 0 Å². The van der Waals surface area contributed by atoms with Gasteiger partial charge in [0.15, 0.2) is 5.82 Å². The van der Waals surface area contributed by atoms with Crippen LogP contribution in [0.1, 0.15) is 0 Å². The number of nitrogens with zero attached hydrogens (tertiary/aromatic N) is 3. The predicted molar refractivity (Wildman–Crippen MR) is 197 cm³/mol. The third-order valence-electron chi connectivity index (χ3n) is 9.42. The number of hydrogen-bond acceptors (Lipinski definition) is 3. The van der Waals surface area contributed by atoms with Crippen molar-refractivity contribution in [1.82, 2.24) is 14.5 Å². The van der Waals surface area contributed by atoms with Crippen molar-refractivity contribution in [2.45, 2.75) is 0 Å². The van der Waals surface area contributed by atoms with Crippen LogP contribution in [0.5, 0.6) is 0 Å². The Kier molecular flexibility index (Phi) is 5.84. The second-order valence-corrected chi connectivity index (χ2v) is 12.1. The lowest BCUT2D eigenvalue weighted by Gasteiger charge is -2.12. The maximum atomic E-state index is 6.79. The summed E-state index contributed by atoms with van der Waals surface area (Å²) in [6.07, 6.45) is 0. The normalized spacial score (nSPS) is 11.8. The fourth-order valence-corrected chi connectivity index (χ4v) is 7.34. The molecule has 0 saturated heterocycles. The van der Waals surface area contributed by atoms with Gasteiger partial charge < -0.3 is 8.98 Å². The van der Waals surface area contributed by atoms with Gasteiger partial charge in [-0.25, -0.2) is 9.97 Å². The maximum Gasteiger partial charge on any atom is 0.161 e. The van der Waals surface area contributed by atoms with Gasteiger partial charge in [-0.2, -0.15) is 0 Å². The van der Waals surface area contributed by atoms with Crippen molar-refractivity contribution in [3.8, 4) is 39.5 Å². The van der Waals surface area contributed by atoms with E-state index in [1.54, 1.807) is 0 Å². The van der Waals surface area contributed by atoms with Gasteiger partial charge in [-0.1, -0.05) is 115 Å². The smallest absolute Gasteiger partial charge is 0.161 e. The first-order valence-corrected chi connectivity index (χ1v) is 16.2. The minimum atomic E-state index is 0.676. The lowest BCUT2D eigenvalue weighted by atomic mass is 9.95. The molecule has 10 aromatic rings. The van der Waals surface area contributed by atoms with E-state index >= 15 is 0 Å². The minimum Gasteiger partial charge on any atom is -0.455 e. The highest BCUT2D eigenvalue weighted by molar-refractivity contribution is 6.21. The van der Waals surface area contributed by atoms with E-state index < -0.39 is 0 Å². The first kappa shape index (κ1) is 26.7. The van der Waals surface area contributed by atoms with Crippen LogP contribution in [0, 0.1) is 0 Å². The number of rotatable bonds is 4. The van der Waals surface area contributed by atoms with Crippen molar-refractivity contribution < 1.29 is 4.42 Å². The highest BCUT2D eigenvalue weighted by Crippen LogP contribution is 2.45. The molecule has 10 rings (SSSR count). The Morgan fingerprint density at radius 1 is 0.438 bits per heavy atom. The summed E-state index contributed by atoms with van der Waals surface area (Å²) in [4.78, 5) is 10.4. The number of benzene rings is 7. The molecule has 7 aromatic carbocycles. The van der Waals surface area contributed by atoms with Crippen LogP contribution in [0.25, 0.3) is 94.1 Å². The van der Waals surface area contributed by atoms with Gasteiger partial charge in [0.25, 0.3) is 0 Å².